The van der Waals surface area contributed by atoms with Crippen molar-refractivity contribution in [3.05, 3.63) is 63.5 Å². The van der Waals surface area contributed by atoms with Gasteiger partial charge in [0.05, 0.1) is 24.4 Å². The lowest BCUT2D eigenvalue weighted by Crippen LogP contribution is -2.37. The Kier molecular flexibility index (Phi) is 7.75. The van der Waals surface area contributed by atoms with Crippen molar-refractivity contribution in [2.45, 2.75) is 59.5 Å². The van der Waals surface area contributed by atoms with E-state index < -0.39 is 0 Å². The number of hydrogen-bond donors (Lipinski definition) is 1. The average Bonchev–Trinajstić information content (AvgIpc) is 3.35. The molecule has 1 N–H and O–H groups in total. The molecule has 2 aromatic heterocycles. The maximum Gasteiger partial charge on any atom is 0.242 e. The molecule has 188 valence electrons. The molecule has 0 unspecified atom stereocenters. The number of carbonyl (C=O) groups excluding carboxylic acids is 2. The van der Waals surface area contributed by atoms with E-state index in [0.717, 1.165) is 33.3 Å². The van der Waals surface area contributed by atoms with E-state index in [1.807, 2.05) is 67.6 Å². The van der Waals surface area contributed by atoms with Crippen molar-refractivity contribution >= 4 is 28.2 Å². The van der Waals surface area contributed by atoms with E-state index in [4.69, 9.17) is 4.74 Å². The molecule has 2 amide bonds. The highest BCUT2D eigenvalue weighted by atomic mass is 32.1. The first-order chi connectivity index (χ1) is 17.3. The van der Waals surface area contributed by atoms with Crippen LogP contribution in [0.25, 0.3) is 0 Å². The number of amides is 2. The number of nitriles is 1. The largest absolute Gasteiger partial charge is 0.494 e. The second-order valence-electron chi connectivity index (χ2n) is 9.07. The maximum absolute atomic E-state index is 12.9. The molecule has 1 aliphatic rings. The van der Waals surface area contributed by atoms with Crippen LogP contribution in [-0.2, 0) is 29.1 Å². The summed E-state index contributed by atoms with van der Waals surface area (Å²) >= 11 is 1.39. The van der Waals surface area contributed by atoms with E-state index in [1.54, 1.807) is 0 Å². The molecule has 0 bridgehead atoms. The third-order valence-corrected chi connectivity index (χ3v) is 7.55. The van der Waals surface area contributed by atoms with Crippen molar-refractivity contribution in [1.29, 1.82) is 5.26 Å². The summed E-state index contributed by atoms with van der Waals surface area (Å²) in [6.07, 6.45) is 2.74. The van der Waals surface area contributed by atoms with Crippen molar-refractivity contribution in [2.24, 2.45) is 0 Å². The molecule has 0 fully saturated rings. The van der Waals surface area contributed by atoms with Crippen molar-refractivity contribution in [3.63, 3.8) is 0 Å². The van der Waals surface area contributed by atoms with Crippen molar-refractivity contribution in [2.75, 3.05) is 18.5 Å². The molecule has 3 heterocycles. The van der Waals surface area contributed by atoms with Gasteiger partial charge in [0, 0.05) is 24.0 Å². The molecule has 9 heteroatoms. The molecular formula is C27H31N5O3S. The fourth-order valence-electron chi connectivity index (χ4n) is 4.64. The predicted octanol–water partition coefficient (Wildman–Crippen LogP) is 4.55. The first kappa shape index (κ1) is 25.5. The van der Waals surface area contributed by atoms with Crippen LogP contribution >= 0.6 is 11.3 Å². The Balaban J connectivity index is 1.44. The molecule has 0 saturated heterocycles. The normalized spacial score (nSPS) is 13.6. The summed E-state index contributed by atoms with van der Waals surface area (Å²) in [4.78, 5) is 33.0. The van der Waals surface area contributed by atoms with E-state index >= 15 is 0 Å². The van der Waals surface area contributed by atoms with Gasteiger partial charge in [0.15, 0.2) is 0 Å². The van der Waals surface area contributed by atoms with Gasteiger partial charge in [-0.25, -0.2) is 4.98 Å². The summed E-state index contributed by atoms with van der Waals surface area (Å²) in [5, 5.41) is 13.4. The van der Waals surface area contributed by atoms with Crippen LogP contribution in [0.1, 0.15) is 59.3 Å². The monoisotopic (exact) mass is 505 g/mol. The predicted molar refractivity (Wildman–Crippen MR) is 139 cm³/mol. The van der Waals surface area contributed by atoms with Crippen LogP contribution in [0.5, 0.6) is 5.75 Å². The van der Waals surface area contributed by atoms with Gasteiger partial charge in [-0.05, 0) is 50.3 Å². The number of benzene rings is 1. The van der Waals surface area contributed by atoms with E-state index in [-0.39, 0.29) is 30.7 Å². The van der Waals surface area contributed by atoms with Crippen LogP contribution in [0.4, 0.5) is 5.00 Å². The topological polar surface area (TPSA) is 100 Å². The molecule has 0 spiro atoms. The molecule has 0 radical (unpaired) electrons. The smallest absolute Gasteiger partial charge is 0.242 e. The number of aromatic nitrogens is 2. The Morgan fingerprint density at radius 2 is 2.08 bits per heavy atom. The summed E-state index contributed by atoms with van der Waals surface area (Å²) in [6, 6.07) is 10.0. The number of thiophene rings is 1. The fraction of sp³-hybridized carbons (Fsp3) is 0.407. The van der Waals surface area contributed by atoms with Crippen LogP contribution < -0.4 is 10.1 Å². The van der Waals surface area contributed by atoms with Gasteiger partial charge in [0.25, 0.3) is 0 Å². The van der Waals surface area contributed by atoms with Crippen LogP contribution in [0, 0.1) is 25.2 Å². The third-order valence-electron chi connectivity index (χ3n) is 6.42. The second-order valence-corrected chi connectivity index (χ2v) is 10.2. The summed E-state index contributed by atoms with van der Waals surface area (Å²) in [5.74, 6) is 1.42. The van der Waals surface area contributed by atoms with E-state index in [2.05, 4.69) is 16.4 Å². The fourth-order valence-corrected chi connectivity index (χ4v) is 5.87. The number of fused-ring (bicyclic) bond motifs is 1. The number of ether oxygens (including phenoxy) is 1. The van der Waals surface area contributed by atoms with Gasteiger partial charge in [-0.15, -0.1) is 11.3 Å². The van der Waals surface area contributed by atoms with E-state index in [9.17, 15) is 14.9 Å². The number of nitrogens with one attached hydrogen (secondary N) is 1. The van der Waals surface area contributed by atoms with Gasteiger partial charge >= 0.3 is 0 Å². The Bertz CT molecular complexity index is 1320. The number of rotatable bonds is 8. The quantitative estimate of drug-likeness (QED) is 0.484. The molecule has 3 aromatic rings. The zero-order chi connectivity index (χ0) is 25.8. The van der Waals surface area contributed by atoms with Gasteiger partial charge in [-0.3, -0.25) is 9.59 Å². The lowest BCUT2D eigenvalue weighted by atomic mass is 9.96. The SMILES string of the molecule is CCOc1ccccc1[C@@H](C)CC(=O)Nc1sc2c(c1C#N)CCN(C(=O)Cn1cc(C)nc1C)C2. The van der Waals surface area contributed by atoms with Gasteiger partial charge in [0.1, 0.15) is 29.2 Å². The summed E-state index contributed by atoms with van der Waals surface area (Å²) < 4.78 is 7.57. The minimum absolute atomic E-state index is 0.0143. The third kappa shape index (κ3) is 5.44. The van der Waals surface area contributed by atoms with Crippen molar-refractivity contribution in [3.8, 4) is 11.8 Å². The minimum atomic E-state index is -0.150. The van der Waals surface area contributed by atoms with Gasteiger partial charge in [0.2, 0.25) is 11.8 Å². The number of anilines is 1. The van der Waals surface area contributed by atoms with Crippen LogP contribution in [-0.4, -0.2) is 39.4 Å². The number of imidazole rings is 1. The lowest BCUT2D eigenvalue weighted by molar-refractivity contribution is -0.132. The minimum Gasteiger partial charge on any atom is -0.494 e. The molecule has 0 saturated carbocycles. The number of aryl methyl sites for hydroxylation is 2. The standard InChI is InChI=1S/C27H31N5O3S/c1-5-35-23-9-7-6-8-20(23)17(2)12-25(33)30-27-22(13-28)21-10-11-31(15-24(21)36-27)26(34)16-32-14-18(3)29-19(32)4/h6-9,14,17H,5,10-12,15-16H2,1-4H3,(H,30,33)/t17-/m0/s1. The Labute approximate surface area is 215 Å². The zero-order valence-electron chi connectivity index (χ0n) is 21.1. The first-order valence-corrected chi connectivity index (χ1v) is 13.0. The highest BCUT2D eigenvalue weighted by Gasteiger charge is 2.28. The number of nitrogens with zero attached hydrogens (tertiary/aromatic N) is 4. The molecule has 1 aliphatic heterocycles. The van der Waals surface area contributed by atoms with Gasteiger partial charge < -0.3 is 19.5 Å². The van der Waals surface area contributed by atoms with Gasteiger partial charge in [-0.2, -0.15) is 5.26 Å². The van der Waals surface area contributed by atoms with Crippen LogP contribution in [0.15, 0.2) is 30.5 Å². The zero-order valence-corrected chi connectivity index (χ0v) is 21.9. The van der Waals surface area contributed by atoms with Crippen LogP contribution in [0.3, 0.4) is 0 Å². The van der Waals surface area contributed by atoms with E-state index in [0.29, 0.717) is 36.7 Å². The summed E-state index contributed by atoms with van der Waals surface area (Å²) in [5.41, 5.74) is 3.32. The maximum atomic E-state index is 12.9. The lowest BCUT2D eigenvalue weighted by Gasteiger charge is -2.27. The summed E-state index contributed by atoms with van der Waals surface area (Å²) in [6.45, 7) is 9.51. The number of hydrogen-bond acceptors (Lipinski definition) is 6. The highest BCUT2D eigenvalue weighted by Crippen LogP contribution is 2.37. The second kappa shape index (κ2) is 11.0. The van der Waals surface area contributed by atoms with E-state index in [1.165, 1.54) is 11.3 Å². The molecule has 1 aromatic carbocycles. The first-order valence-electron chi connectivity index (χ1n) is 12.1. The summed E-state index contributed by atoms with van der Waals surface area (Å²) in [7, 11) is 0. The Morgan fingerprint density at radius 3 is 2.78 bits per heavy atom. The number of para-hydroxylation sites is 1. The molecule has 8 nitrogen and oxygen atoms in total. The Hall–Kier alpha value is -3.64. The molecule has 0 aliphatic carbocycles. The van der Waals surface area contributed by atoms with Crippen molar-refractivity contribution in [1.82, 2.24) is 14.5 Å². The molecule has 4 rings (SSSR count). The molecular weight excluding hydrogens is 474 g/mol. The van der Waals surface area contributed by atoms with Crippen molar-refractivity contribution < 1.29 is 14.3 Å². The average molecular weight is 506 g/mol. The number of carbonyl (C=O) groups is 2. The van der Waals surface area contributed by atoms with Crippen LogP contribution in [0.2, 0.25) is 0 Å². The highest BCUT2D eigenvalue weighted by molar-refractivity contribution is 7.16. The van der Waals surface area contributed by atoms with Gasteiger partial charge in [-0.1, -0.05) is 25.1 Å². The molecule has 1 atom stereocenters. The molecule has 36 heavy (non-hydrogen) atoms. The Morgan fingerprint density at radius 1 is 1.31 bits per heavy atom.